The van der Waals surface area contributed by atoms with E-state index < -0.39 is 0 Å². The van der Waals surface area contributed by atoms with E-state index in [9.17, 15) is 4.39 Å². The molecule has 0 aliphatic carbocycles. The number of hydrogen-bond acceptors (Lipinski definition) is 2. The average molecular weight is 238 g/mol. The Morgan fingerprint density at radius 3 is 2.47 bits per heavy atom. The van der Waals surface area contributed by atoms with Gasteiger partial charge in [-0.25, -0.2) is 10.2 Å². The van der Waals surface area contributed by atoms with Gasteiger partial charge in [-0.2, -0.15) is 0 Å². The van der Waals surface area contributed by atoms with E-state index in [0.717, 1.165) is 12.1 Å². The summed E-state index contributed by atoms with van der Waals surface area (Å²) in [5.41, 5.74) is 3.45. The number of guanidine groups is 1. The second kappa shape index (κ2) is 6.85. The first-order chi connectivity index (χ1) is 8.22. The molecular formula is C12H19FN4. The van der Waals surface area contributed by atoms with Crippen LogP contribution in [0.1, 0.15) is 20.3 Å². The van der Waals surface area contributed by atoms with Gasteiger partial charge in [0.15, 0.2) is 0 Å². The predicted octanol–water partition coefficient (Wildman–Crippen LogP) is 1.88. The fraction of sp³-hybridized carbons (Fsp3) is 0.417. The molecule has 0 amide bonds. The van der Waals surface area contributed by atoms with Gasteiger partial charge in [-0.1, -0.05) is 6.92 Å². The van der Waals surface area contributed by atoms with Crippen molar-refractivity contribution in [2.45, 2.75) is 20.3 Å². The molecule has 0 unspecified atom stereocenters. The molecule has 0 radical (unpaired) electrons. The van der Waals surface area contributed by atoms with Crippen LogP contribution >= 0.6 is 0 Å². The van der Waals surface area contributed by atoms with Crippen LogP contribution in [0.3, 0.4) is 0 Å². The maximum absolute atomic E-state index is 12.9. The van der Waals surface area contributed by atoms with Gasteiger partial charge in [0, 0.05) is 18.8 Å². The van der Waals surface area contributed by atoms with E-state index in [1.807, 2.05) is 18.7 Å². The first-order valence-electron chi connectivity index (χ1n) is 5.77. The van der Waals surface area contributed by atoms with Crippen molar-refractivity contribution in [1.29, 1.82) is 0 Å². The molecule has 4 nitrogen and oxygen atoms in total. The molecule has 0 bridgehead atoms. The van der Waals surface area contributed by atoms with Crippen molar-refractivity contribution in [3.63, 3.8) is 0 Å². The van der Waals surface area contributed by atoms with Gasteiger partial charge in [-0.05, 0) is 37.6 Å². The minimum absolute atomic E-state index is 0.252. The molecule has 3 N–H and O–H groups in total. The summed E-state index contributed by atoms with van der Waals surface area (Å²) in [7, 11) is 0. The highest BCUT2D eigenvalue weighted by atomic mass is 19.1. The quantitative estimate of drug-likeness (QED) is 0.364. The van der Waals surface area contributed by atoms with Crippen LogP contribution in [0.15, 0.2) is 29.3 Å². The van der Waals surface area contributed by atoms with Crippen LogP contribution < -0.4 is 16.2 Å². The largest absolute Gasteiger partial charge is 0.312 e. The lowest BCUT2D eigenvalue weighted by Crippen LogP contribution is -2.45. The fourth-order valence-corrected chi connectivity index (χ4v) is 1.50. The fourth-order valence-electron chi connectivity index (χ4n) is 1.50. The second-order valence-corrected chi connectivity index (χ2v) is 3.57. The Morgan fingerprint density at radius 1 is 1.35 bits per heavy atom. The summed E-state index contributed by atoms with van der Waals surface area (Å²) >= 11 is 0. The van der Waals surface area contributed by atoms with Gasteiger partial charge in [-0.15, -0.1) is 0 Å². The lowest BCUT2D eigenvalue weighted by atomic mass is 10.3. The Hall–Kier alpha value is -1.62. The Balaban J connectivity index is 2.92. The number of halogens is 1. The highest BCUT2D eigenvalue weighted by Crippen LogP contribution is 2.14. The van der Waals surface area contributed by atoms with E-state index in [-0.39, 0.29) is 5.82 Å². The van der Waals surface area contributed by atoms with Gasteiger partial charge in [0.05, 0.1) is 0 Å². The Labute approximate surface area is 101 Å². The standard InChI is InChI=1S/C12H19FN4/c1-3-9-15-12(16-14)17(4-2)11-7-5-10(13)6-8-11/h5-8H,3-4,9,14H2,1-2H3,(H,15,16). The van der Waals surface area contributed by atoms with E-state index in [1.165, 1.54) is 12.1 Å². The number of nitrogens with one attached hydrogen (secondary N) is 1. The van der Waals surface area contributed by atoms with E-state index in [1.54, 1.807) is 12.1 Å². The zero-order valence-electron chi connectivity index (χ0n) is 10.3. The van der Waals surface area contributed by atoms with Crippen LogP contribution in [0.4, 0.5) is 10.1 Å². The molecule has 0 spiro atoms. The number of aliphatic imine (C=N–C) groups is 1. The minimum atomic E-state index is -0.252. The minimum Gasteiger partial charge on any atom is -0.312 e. The lowest BCUT2D eigenvalue weighted by Gasteiger charge is -2.24. The lowest BCUT2D eigenvalue weighted by molar-refractivity contribution is 0.628. The number of hydrogen-bond donors (Lipinski definition) is 2. The second-order valence-electron chi connectivity index (χ2n) is 3.57. The molecule has 0 saturated carbocycles. The normalized spacial score (nSPS) is 11.4. The molecule has 94 valence electrons. The Bertz CT molecular complexity index is 361. The maximum atomic E-state index is 12.9. The van der Waals surface area contributed by atoms with Crippen LogP contribution in [0.5, 0.6) is 0 Å². The highest BCUT2D eigenvalue weighted by molar-refractivity contribution is 5.95. The topological polar surface area (TPSA) is 53.6 Å². The third-order valence-electron chi connectivity index (χ3n) is 2.32. The van der Waals surface area contributed by atoms with Gasteiger partial charge in [0.2, 0.25) is 5.96 Å². The molecule has 0 aliphatic heterocycles. The third kappa shape index (κ3) is 3.71. The highest BCUT2D eigenvalue weighted by Gasteiger charge is 2.10. The van der Waals surface area contributed by atoms with Gasteiger partial charge < -0.3 is 4.90 Å². The van der Waals surface area contributed by atoms with E-state index in [0.29, 0.717) is 19.0 Å². The van der Waals surface area contributed by atoms with Gasteiger partial charge in [-0.3, -0.25) is 10.4 Å². The summed E-state index contributed by atoms with van der Waals surface area (Å²) in [5.74, 6) is 5.81. The van der Waals surface area contributed by atoms with Crippen LogP contribution in [-0.4, -0.2) is 19.0 Å². The molecule has 1 aromatic carbocycles. The van der Waals surface area contributed by atoms with Crippen LogP contribution in [0.2, 0.25) is 0 Å². The zero-order valence-corrected chi connectivity index (χ0v) is 10.3. The molecule has 0 fully saturated rings. The zero-order chi connectivity index (χ0) is 12.7. The number of nitrogens with two attached hydrogens (primary N) is 1. The molecule has 0 aromatic heterocycles. The molecule has 0 atom stereocenters. The Morgan fingerprint density at radius 2 is 2.00 bits per heavy atom. The molecule has 1 rings (SSSR count). The van der Waals surface area contributed by atoms with Gasteiger partial charge in [0.25, 0.3) is 0 Å². The summed E-state index contributed by atoms with van der Waals surface area (Å²) in [5, 5.41) is 0. The molecule has 17 heavy (non-hydrogen) atoms. The van der Waals surface area contributed by atoms with E-state index in [4.69, 9.17) is 5.84 Å². The maximum Gasteiger partial charge on any atom is 0.212 e. The summed E-state index contributed by atoms with van der Waals surface area (Å²) in [6.07, 6.45) is 0.951. The van der Waals surface area contributed by atoms with Crippen molar-refractivity contribution in [3.8, 4) is 0 Å². The van der Waals surface area contributed by atoms with E-state index in [2.05, 4.69) is 10.4 Å². The van der Waals surface area contributed by atoms with E-state index >= 15 is 0 Å². The number of benzene rings is 1. The number of anilines is 1. The first-order valence-corrected chi connectivity index (χ1v) is 5.77. The van der Waals surface area contributed by atoms with Crippen molar-refractivity contribution >= 4 is 11.6 Å². The van der Waals surface area contributed by atoms with Gasteiger partial charge >= 0.3 is 0 Å². The SMILES string of the molecule is CCCN=C(NN)N(CC)c1ccc(F)cc1. The summed E-state index contributed by atoms with van der Waals surface area (Å²) < 4.78 is 12.9. The molecular weight excluding hydrogens is 219 g/mol. The molecule has 0 heterocycles. The summed E-state index contributed by atoms with van der Waals surface area (Å²) in [6, 6.07) is 6.26. The molecule has 0 saturated heterocycles. The Kier molecular flexibility index (Phi) is 5.42. The first kappa shape index (κ1) is 13.4. The van der Waals surface area contributed by atoms with Crippen LogP contribution in [0, 0.1) is 5.82 Å². The van der Waals surface area contributed by atoms with Crippen molar-refractivity contribution in [2.24, 2.45) is 10.8 Å². The number of hydrazine groups is 1. The summed E-state index contributed by atoms with van der Waals surface area (Å²) in [6.45, 7) is 5.45. The van der Waals surface area contributed by atoms with Gasteiger partial charge in [0.1, 0.15) is 5.82 Å². The third-order valence-corrected chi connectivity index (χ3v) is 2.32. The average Bonchev–Trinajstić information content (AvgIpc) is 2.36. The van der Waals surface area contributed by atoms with Crippen LogP contribution in [-0.2, 0) is 0 Å². The van der Waals surface area contributed by atoms with Crippen molar-refractivity contribution < 1.29 is 4.39 Å². The monoisotopic (exact) mass is 238 g/mol. The molecule has 0 aliphatic rings. The van der Waals surface area contributed by atoms with Crippen molar-refractivity contribution in [3.05, 3.63) is 30.1 Å². The van der Waals surface area contributed by atoms with Crippen molar-refractivity contribution in [2.75, 3.05) is 18.0 Å². The molecule has 1 aromatic rings. The van der Waals surface area contributed by atoms with Crippen molar-refractivity contribution in [1.82, 2.24) is 5.43 Å². The predicted molar refractivity (Wildman–Crippen MR) is 69.3 cm³/mol. The number of rotatable bonds is 4. The number of nitrogens with zero attached hydrogens (tertiary/aromatic N) is 2. The van der Waals surface area contributed by atoms with Crippen LogP contribution in [0.25, 0.3) is 0 Å². The smallest absolute Gasteiger partial charge is 0.212 e. The summed E-state index contributed by atoms with van der Waals surface area (Å²) in [4.78, 5) is 6.24. The molecule has 5 heteroatoms.